The number of aryl methyl sites for hydroxylation is 1. The summed E-state index contributed by atoms with van der Waals surface area (Å²) in [6, 6.07) is 8.34. The Morgan fingerprint density at radius 2 is 1.93 bits per heavy atom. The molecule has 1 amide bonds. The van der Waals surface area contributed by atoms with Gasteiger partial charge in [-0.25, -0.2) is 13.4 Å². The third-order valence-electron chi connectivity index (χ3n) is 4.57. The molecule has 0 saturated carbocycles. The van der Waals surface area contributed by atoms with Gasteiger partial charge in [0, 0.05) is 25.0 Å². The summed E-state index contributed by atoms with van der Waals surface area (Å²) in [6.07, 6.45) is 4.27. The van der Waals surface area contributed by atoms with Crippen LogP contribution in [0.3, 0.4) is 0 Å². The van der Waals surface area contributed by atoms with E-state index in [1.54, 1.807) is 41.6 Å². The first-order chi connectivity index (χ1) is 13.4. The summed E-state index contributed by atoms with van der Waals surface area (Å²) in [5, 5.41) is 6.10. The number of aromatic nitrogens is 1. The Hall–Kier alpha value is -2.16. The molecule has 0 aliphatic carbocycles. The molecule has 0 unspecified atom stereocenters. The molecule has 28 heavy (non-hydrogen) atoms. The zero-order chi connectivity index (χ0) is 20.1. The number of benzene rings is 1. The third-order valence-corrected chi connectivity index (χ3v) is 6.83. The molecular formula is C19H23ClN4O3S. The number of rotatable bonds is 6. The van der Waals surface area contributed by atoms with Gasteiger partial charge in [-0.1, -0.05) is 24.1 Å². The molecule has 1 aromatic heterocycles. The second kappa shape index (κ2) is 8.89. The van der Waals surface area contributed by atoms with E-state index in [2.05, 4.69) is 15.6 Å². The van der Waals surface area contributed by atoms with Gasteiger partial charge in [-0.15, -0.1) is 0 Å². The summed E-state index contributed by atoms with van der Waals surface area (Å²) in [7, 11) is -3.54. The van der Waals surface area contributed by atoms with E-state index in [1.165, 1.54) is 6.20 Å². The van der Waals surface area contributed by atoms with E-state index >= 15 is 0 Å². The van der Waals surface area contributed by atoms with Crippen molar-refractivity contribution >= 4 is 39.0 Å². The SMILES string of the molecule is Cc1ccc(NCC(=O)Nc2ccc(Cl)cn2)cc1S(=O)(=O)N1CCCCC1. The molecule has 0 spiro atoms. The summed E-state index contributed by atoms with van der Waals surface area (Å²) in [6.45, 7) is 2.86. The van der Waals surface area contributed by atoms with Crippen LogP contribution in [-0.2, 0) is 14.8 Å². The Morgan fingerprint density at radius 1 is 1.18 bits per heavy atom. The highest BCUT2D eigenvalue weighted by Gasteiger charge is 2.27. The Bertz CT molecular complexity index is 942. The van der Waals surface area contributed by atoms with Crippen LogP contribution in [0.2, 0.25) is 5.02 Å². The minimum absolute atomic E-state index is 0.0173. The number of hydrogen-bond donors (Lipinski definition) is 2. The first-order valence-corrected chi connectivity index (χ1v) is 10.9. The maximum atomic E-state index is 13.0. The molecule has 2 N–H and O–H groups in total. The predicted molar refractivity (Wildman–Crippen MR) is 110 cm³/mol. The number of anilines is 2. The summed E-state index contributed by atoms with van der Waals surface area (Å²) in [4.78, 5) is 16.4. The van der Waals surface area contributed by atoms with E-state index in [-0.39, 0.29) is 17.3 Å². The molecule has 3 rings (SSSR count). The summed E-state index contributed by atoms with van der Waals surface area (Å²) >= 11 is 5.77. The average molecular weight is 423 g/mol. The van der Waals surface area contributed by atoms with Crippen LogP contribution >= 0.6 is 11.6 Å². The van der Waals surface area contributed by atoms with Crippen molar-refractivity contribution in [3.05, 3.63) is 47.1 Å². The molecule has 0 bridgehead atoms. The largest absolute Gasteiger partial charge is 0.376 e. The van der Waals surface area contributed by atoms with Crippen LogP contribution in [0.25, 0.3) is 0 Å². The number of hydrogen-bond acceptors (Lipinski definition) is 5. The quantitative estimate of drug-likeness (QED) is 0.745. The van der Waals surface area contributed by atoms with E-state index in [9.17, 15) is 13.2 Å². The molecule has 2 heterocycles. The van der Waals surface area contributed by atoms with E-state index < -0.39 is 10.0 Å². The van der Waals surface area contributed by atoms with E-state index in [0.29, 0.717) is 35.2 Å². The molecule has 9 heteroatoms. The smallest absolute Gasteiger partial charge is 0.244 e. The van der Waals surface area contributed by atoms with Gasteiger partial charge in [0.25, 0.3) is 0 Å². The maximum Gasteiger partial charge on any atom is 0.244 e. The van der Waals surface area contributed by atoms with Gasteiger partial charge in [-0.2, -0.15) is 4.31 Å². The van der Waals surface area contributed by atoms with Gasteiger partial charge in [0.15, 0.2) is 0 Å². The van der Waals surface area contributed by atoms with Crippen molar-refractivity contribution in [1.29, 1.82) is 0 Å². The Labute approximate surface area is 170 Å². The third kappa shape index (κ3) is 5.01. The number of nitrogens with zero attached hydrogens (tertiary/aromatic N) is 2. The molecular weight excluding hydrogens is 400 g/mol. The summed E-state index contributed by atoms with van der Waals surface area (Å²) in [5.41, 5.74) is 1.26. The molecule has 1 aliphatic rings. The number of carbonyl (C=O) groups excluding carboxylic acids is 1. The number of amides is 1. The lowest BCUT2D eigenvalue weighted by Crippen LogP contribution is -2.36. The van der Waals surface area contributed by atoms with Gasteiger partial charge in [-0.3, -0.25) is 4.79 Å². The molecule has 0 atom stereocenters. The fourth-order valence-corrected chi connectivity index (χ4v) is 4.93. The van der Waals surface area contributed by atoms with Crippen molar-refractivity contribution in [2.24, 2.45) is 0 Å². The number of pyridine rings is 1. The van der Waals surface area contributed by atoms with Crippen molar-refractivity contribution in [2.45, 2.75) is 31.1 Å². The Morgan fingerprint density at radius 3 is 2.61 bits per heavy atom. The lowest BCUT2D eigenvalue weighted by molar-refractivity contribution is -0.114. The van der Waals surface area contributed by atoms with Crippen LogP contribution in [0.1, 0.15) is 24.8 Å². The summed E-state index contributed by atoms with van der Waals surface area (Å²) < 4.78 is 27.5. The van der Waals surface area contributed by atoms with Crippen molar-refractivity contribution in [3.63, 3.8) is 0 Å². The minimum Gasteiger partial charge on any atom is -0.376 e. The first-order valence-electron chi connectivity index (χ1n) is 9.12. The van der Waals surface area contributed by atoms with Crippen LogP contribution in [-0.4, -0.2) is 43.2 Å². The van der Waals surface area contributed by atoms with Gasteiger partial charge in [0.1, 0.15) is 5.82 Å². The molecule has 2 aromatic rings. The van der Waals surface area contributed by atoms with Crippen molar-refractivity contribution in [2.75, 3.05) is 30.3 Å². The molecule has 1 fully saturated rings. The number of piperidine rings is 1. The Kier molecular flexibility index (Phi) is 6.53. The molecule has 1 aliphatic heterocycles. The number of carbonyl (C=O) groups is 1. The normalized spacial score (nSPS) is 15.2. The molecule has 1 saturated heterocycles. The number of halogens is 1. The van der Waals surface area contributed by atoms with Crippen LogP contribution in [0, 0.1) is 6.92 Å². The highest BCUT2D eigenvalue weighted by molar-refractivity contribution is 7.89. The van der Waals surface area contributed by atoms with Crippen LogP contribution < -0.4 is 10.6 Å². The first kappa shape index (κ1) is 20.6. The Balaban J connectivity index is 1.67. The molecule has 7 nitrogen and oxygen atoms in total. The lowest BCUT2D eigenvalue weighted by Gasteiger charge is -2.26. The number of sulfonamides is 1. The zero-order valence-electron chi connectivity index (χ0n) is 15.6. The van der Waals surface area contributed by atoms with Gasteiger partial charge in [0.05, 0.1) is 16.5 Å². The monoisotopic (exact) mass is 422 g/mol. The fourth-order valence-electron chi connectivity index (χ4n) is 3.05. The second-order valence-electron chi connectivity index (χ2n) is 6.71. The van der Waals surface area contributed by atoms with Gasteiger partial charge in [0.2, 0.25) is 15.9 Å². The van der Waals surface area contributed by atoms with E-state index in [1.807, 2.05) is 0 Å². The van der Waals surface area contributed by atoms with Crippen molar-refractivity contribution in [1.82, 2.24) is 9.29 Å². The van der Waals surface area contributed by atoms with E-state index in [4.69, 9.17) is 11.6 Å². The fraction of sp³-hybridized carbons (Fsp3) is 0.368. The van der Waals surface area contributed by atoms with Gasteiger partial charge in [-0.05, 0) is 49.6 Å². The van der Waals surface area contributed by atoms with Crippen molar-refractivity contribution in [3.8, 4) is 0 Å². The summed E-state index contributed by atoms with van der Waals surface area (Å²) in [5.74, 6) is 0.101. The van der Waals surface area contributed by atoms with Crippen LogP contribution in [0.4, 0.5) is 11.5 Å². The highest BCUT2D eigenvalue weighted by Crippen LogP contribution is 2.26. The second-order valence-corrected chi connectivity index (χ2v) is 9.05. The average Bonchev–Trinajstić information content (AvgIpc) is 2.69. The van der Waals surface area contributed by atoms with Crippen LogP contribution in [0.5, 0.6) is 0 Å². The lowest BCUT2D eigenvalue weighted by atomic mass is 10.2. The van der Waals surface area contributed by atoms with Crippen LogP contribution in [0.15, 0.2) is 41.4 Å². The van der Waals surface area contributed by atoms with Crippen molar-refractivity contribution < 1.29 is 13.2 Å². The molecule has 150 valence electrons. The topological polar surface area (TPSA) is 91.4 Å². The minimum atomic E-state index is -3.54. The predicted octanol–water partition coefficient (Wildman–Crippen LogP) is 3.27. The zero-order valence-corrected chi connectivity index (χ0v) is 17.2. The maximum absolute atomic E-state index is 13.0. The molecule has 0 radical (unpaired) electrons. The standard InChI is InChI=1S/C19H23ClN4O3S/c1-14-5-7-16(11-17(14)28(26,27)24-9-3-2-4-10-24)21-13-19(25)23-18-8-6-15(20)12-22-18/h5-8,11-12,21H,2-4,9-10,13H2,1H3,(H,22,23,25). The van der Waals surface area contributed by atoms with Gasteiger partial charge >= 0.3 is 0 Å². The number of nitrogens with one attached hydrogen (secondary N) is 2. The van der Waals surface area contributed by atoms with E-state index in [0.717, 1.165) is 19.3 Å². The molecule has 1 aromatic carbocycles. The highest BCUT2D eigenvalue weighted by atomic mass is 35.5. The van der Waals surface area contributed by atoms with Gasteiger partial charge < -0.3 is 10.6 Å².